The SMILES string of the molecule is CNC(C)(C(=O)O)C(=O)O. The highest BCUT2D eigenvalue weighted by Crippen LogP contribution is 2.01. The van der Waals surface area contributed by atoms with Gasteiger partial charge in [-0.3, -0.25) is 5.32 Å². The van der Waals surface area contributed by atoms with Gasteiger partial charge in [0.05, 0.1) is 0 Å². The average Bonchev–Trinajstić information content (AvgIpc) is 1.85. The summed E-state index contributed by atoms with van der Waals surface area (Å²) >= 11 is 0. The summed E-state index contributed by atoms with van der Waals surface area (Å²) in [5, 5.41) is 18.9. The summed E-state index contributed by atoms with van der Waals surface area (Å²) in [7, 11) is 1.28. The molecule has 58 valence electrons. The number of carboxylic acids is 2. The lowest BCUT2D eigenvalue weighted by Gasteiger charge is -2.17. The maximum atomic E-state index is 10.3. The van der Waals surface area contributed by atoms with Gasteiger partial charge in [-0.2, -0.15) is 0 Å². The fourth-order valence-electron chi connectivity index (χ4n) is 0.305. The van der Waals surface area contributed by atoms with Gasteiger partial charge in [-0.25, -0.2) is 9.59 Å². The molecule has 0 unspecified atom stereocenters. The van der Waals surface area contributed by atoms with Crippen molar-refractivity contribution in [1.82, 2.24) is 5.32 Å². The van der Waals surface area contributed by atoms with E-state index in [0.29, 0.717) is 0 Å². The fraction of sp³-hybridized carbons (Fsp3) is 0.600. The van der Waals surface area contributed by atoms with Crippen LogP contribution in [0.1, 0.15) is 6.92 Å². The third-order valence-corrected chi connectivity index (χ3v) is 1.36. The molecule has 5 nitrogen and oxygen atoms in total. The Bertz CT molecular complexity index is 151. The molecule has 0 spiro atoms. The van der Waals surface area contributed by atoms with Crippen LogP contribution in [-0.4, -0.2) is 34.7 Å². The molecule has 0 amide bonds. The van der Waals surface area contributed by atoms with Crippen molar-refractivity contribution >= 4 is 11.9 Å². The molecule has 0 aliphatic carbocycles. The Kier molecular flexibility index (Phi) is 2.36. The predicted molar refractivity (Wildman–Crippen MR) is 32.7 cm³/mol. The average molecular weight is 147 g/mol. The molecule has 0 atom stereocenters. The monoisotopic (exact) mass is 147 g/mol. The Balaban J connectivity index is 4.55. The van der Waals surface area contributed by atoms with Crippen molar-refractivity contribution in [2.75, 3.05) is 7.05 Å². The molecule has 0 fully saturated rings. The zero-order chi connectivity index (χ0) is 8.36. The summed E-state index contributed by atoms with van der Waals surface area (Å²) in [5.74, 6) is -2.80. The van der Waals surface area contributed by atoms with Gasteiger partial charge < -0.3 is 10.2 Å². The second-order valence-corrected chi connectivity index (χ2v) is 1.99. The summed E-state index contributed by atoms with van der Waals surface area (Å²) in [6, 6.07) is 0. The number of carboxylic acid groups (broad SMARTS) is 2. The highest BCUT2D eigenvalue weighted by Gasteiger charge is 2.39. The molecule has 0 radical (unpaired) electrons. The summed E-state index contributed by atoms with van der Waals surface area (Å²) in [5.41, 5.74) is -1.88. The lowest BCUT2D eigenvalue weighted by Crippen LogP contribution is -2.54. The molecule has 0 aromatic rings. The largest absolute Gasteiger partial charge is 0.479 e. The molecule has 0 aliphatic rings. The van der Waals surface area contributed by atoms with E-state index >= 15 is 0 Å². The summed E-state index contributed by atoms with van der Waals surface area (Å²) in [4.78, 5) is 20.5. The molecule has 10 heavy (non-hydrogen) atoms. The van der Waals surface area contributed by atoms with Crippen LogP contribution in [0.5, 0.6) is 0 Å². The molecule has 0 aromatic carbocycles. The van der Waals surface area contributed by atoms with Crippen molar-refractivity contribution in [2.45, 2.75) is 12.5 Å². The van der Waals surface area contributed by atoms with Crippen LogP contribution in [0.4, 0.5) is 0 Å². The van der Waals surface area contributed by atoms with Gasteiger partial charge in [-0.05, 0) is 14.0 Å². The van der Waals surface area contributed by atoms with E-state index in [9.17, 15) is 9.59 Å². The fourth-order valence-corrected chi connectivity index (χ4v) is 0.305. The molecular weight excluding hydrogens is 138 g/mol. The van der Waals surface area contributed by atoms with Crippen molar-refractivity contribution in [3.8, 4) is 0 Å². The van der Waals surface area contributed by atoms with Crippen LogP contribution in [0.15, 0.2) is 0 Å². The van der Waals surface area contributed by atoms with E-state index in [1.165, 1.54) is 7.05 Å². The standard InChI is InChI=1S/C5H9NO4/c1-5(6-2,3(7)8)4(9)10/h6H,1-2H3,(H,7,8)(H,9,10). The number of nitrogens with one attached hydrogen (secondary N) is 1. The molecule has 0 heterocycles. The third kappa shape index (κ3) is 1.24. The first-order chi connectivity index (χ1) is 4.45. The molecule has 5 heteroatoms. The highest BCUT2D eigenvalue weighted by atomic mass is 16.4. The first-order valence-electron chi connectivity index (χ1n) is 2.61. The minimum absolute atomic E-state index is 1.08. The lowest BCUT2D eigenvalue weighted by molar-refractivity contribution is -0.157. The number of aliphatic carboxylic acids is 2. The van der Waals surface area contributed by atoms with E-state index in [-0.39, 0.29) is 0 Å². The van der Waals surface area contributed by atoms with Crippen molar-refractivity contribution in [2.24, 2.45) is 0 Å². The van der Waals surface area contributed by atoms with E-state index in [4.69, 9.17) is 10.2 Å². The van der Waals surface area contributed by atoms with Crippen molar-refractivity contribution < 1.29 is 19.8 Å². The maximum absolute atomic E-state index is 10.3. The zero-order valence-corrected chi connectivity index (χ0v) is 5.71. The van der Waals surface area contributed by atoms with Crippen LogP contribution < -0.4 is 5.32 Å². The molecule has 0 saturated heterocycles. The number of likely N-dealkylation sites (N-methyl/N-ethyl adjacent to an activating group) is 1. The Labute approximate surface area is 57.7 Å². The van der Waals surface area contributed by atoms with E-state index in [0.717, 1.165) is 6.92 Å². The maximum Gasteiger partial charge on any atom is 0.335 e. The molecule has 0 aromatic heterocycles. The van der Waals surface area contributed by atoms with Crippen molar-refractivity contribution in [1.29, 1.82) is 0 Å². The van der Waals surface area contributed by atoms with Gasteiger partial charge in [0.1, 0.15) is 0 Å². The molecule has 0 rings (SSSR count). The summed E-state index contributed by atoms with van der Waals surface area (Å²) in [6.45, 7) is 1.08. The van der Waals surface area contributed by atoms with Crippen LogP contribution in [-0.2, 0) is 9.59 Å². The second kappa shape index (κ2) is 2.66. The Morgan fingerprint density at radius 2 is 1.60 bits per heavy atom. The van der Waals surface area contributed by atoms with Crippen LogP contribution in [0.25, 0.3) is 0 Å². The van der Waals surface area contributed by atoms with Gasteiger partial charge in [0, 0.05) is 0 Å². The number of hydrogen-bond acceptors (Lipinski definition) is 3. The quantitative estimate of drug-likeness (QED) is 0.452. The number of rotatable bonds is 3. The minimum Gasteiger partial charge on any atom is -0.479 e. The molecule has 3 N–H and O–H groups in total. The van der Waals surface area contributed by atoms with Crippen molar-refractivity contribution in [3.63, 3.8) is 0 Å². The molecule has 0 bridgehead atoms. The highest BCUT2D eigenvalue weighted by molar-refractivity contribution is 6.02. The number of carbonyl (C=O) groups is 2. The van der Waals surface area contributed by atoms with Crippen molar-refractivity contribution in [3.05, 3.63) is 0 Å². The third-order valence-electron chi connectivity index (χ3n) is 1.36. The Morgan fingerprint density at radius 1 is 1.30 bits per heavy atom. The Hall–Kier alpha value is -1.10. The van der Waals surface area contributed by atoms with Gasteiger partial charge >= 0.3 is 11.9 Å². The normalized spacial score (nSPS) is 11.0. The van der Waals surface area contributed by atoms with Crippen LogP contribution in [0.2, 0.25) is 0 Å². The molecular formula is C5H9NO4. The first-order valence-corrected chi connectivity index (χ1v) is 2.61. The summed E-state index contributed by atoms with van der Waals surface area (Å²) < 4.78 is 0. The topological polar surface area (TPSA) is 86.6 Å². The van der Waals surface area contributed by atoms with E-state index < -0.39 is 17.5 Å². The van der Waals surface area contributed by atoms with Crippen LogP contribution >= 0.6 is 0 Å². The number of hydrogen-bond donors (Lipinski definition) is 3. The van der Waals surface area contributed by atoms with Gasteiger partial charge in [0.25, 0.3) is 0 Å². The summed E-state index contributed by atoms with van der Waals surface area (Å²) in [6.07, 6.45) is 0. The van der Waals surface area contributed by atoms with Crippen LogP contribution in [0, 0.1) is 0 Å². The lowest BCUT2D eigenvalue weighted by atomic mass is 10.0. The predicted octanol–water partition coefficient (Wildman–Crippen LogP) is -0.866. The minimum atomic E-state index is -1.88. The van der Waals surface area contributed by atoms with Gasteiger partial charge in [-0.15, -0.1) is 0 Å². The molecule has 0 aliphatic heterocycles. The zero-order valence-electron chi connectivity index (χ0n) is 5.71. The smallest absolute Gasteiger partial charge is 0.335 e. The second-order valence-electron chi connectivity index (χ2n) is 1.99. The first kappa shape index (κ1) is 8.90. The van der Waals surface area contributed by atoms with Crippen LogP contribution in [0.3, 0.4) is 0 Å². The molecule has 0 saturated carbocycles. The van der Waals surface area contributed by atoms with E-state index in [1.54, 1.807) is 0 Å². The Morgan fingerprint density at radius 3 is 1.60 bits per heavy atom. The van der Waals surface area contributed by atoms with Gasteiger partial charge in [0.2, 0.25) is 5.54 Å². The van der Waals surface area contributed by atoms with Gasteiger partial charge in [-0.1, -0.05) is 0 Å². The van der Waals surface area contributed by atoms with Gasteiger partial charge in [0.15, 0.2) is 0 Å². The van der Waals surface area contributed by atoms with E-state index in [2.05, 4.69) is 5.32 Å². The van der Waals surface area contributed by atoms with E-state index in [1.807, 2.05) is 0 Å².